The number of aryl methyl sites for hydroxylation is 1. The number of ketones is 1. The molecule has 160 valence electrons. The molecule has 5 rings (SSSR count). The van der Waals surface area contributed by atoms with Crippen molar-refractivity contribution in [3.63, 3.8) is 0 Å². The van der Waals surface area contributed by atoms with Gasteiger partial charge in [0.25, 0.3) is 0 Å². The third-order valence-corrected chi connectivity index (χ3v) is 7.60. The van der Waals surface area contributed by atoms with Gasteiger partial charge in [-0.05, 0) is 43.4 Å². The summed E-state index contributed by atoms with van der Waals surface area (Å²) in [5, 5.41) is 10.2. The van der Waals surface area contributed by atoms with Crippen LogP contribution in [0.5, 0.6) is 5.88 Å². The molecule has 0 amide bonds. The van der Waals surface area contributed by atoms with Crippen LogP contribution in [0.2, 0.25) is 0 Å². The monoisotopic (exact) mass is 438 g/mol. The van der Waals surface area contributed by atoms with Crippen LogP contribution in [0, 0.1) is 6.92 Å². The molecule has 0 saturated heterocycles. The van der Waals surface area contributed by atoms with Crippen LogP contribution in [0.3, 0.4) is 0 Å². The largest absolute Gasteiger partial charge is 0.477 e. The predicted octanol–water partition coefficient (Wildman–Crippen LogP) is 2.60. The average molecular weight is 439 g/mol. The highest BCUT2D eigenvalue weighted by molar-refractivity contribution is 7.21. The second-order valence-corrected chi connectivity index (χ2v) is 9.24. The van der Waals surface area contributed by atoms with Crippen LogP contribution in [0.4, 0.5) is 5.69 Å². The Morgan fingerprint density at radius 2 is 2.06 bits per heavy atom. The molecule has 2 aromatic heterocycles. The third-order valence-electron chi connectivity index (χ3n) is 6.36. The maximum Gasteiger partial charge on any atom is 0.346 e. The van der Waals surface area contributed by atoms with E-state index in [1.807, 2.05) is 6.92 Å². The van der Waals surface area contributed by atoms with Gasteiger partial charge in [-0.15, -0.1) is 11.3 Å². The normalized spacial score (nSPS) is 23.1. The number of hydrogen-bond acceptors (Lipinski definition) is 8. The number of carboxylic acids is 1. The molecule has 1 saturated carbocycles. The molecule has 2 atom stereocenters. The maximum atomic E-state index is 13.5. The molecule has 0 bridgehead atoms. The van der Waals surface area contributed by atoms with Crippen molar-refractivity contribution in [2.75, 3.05) is 5.73 Å². The molecule has 8 nitrogen and oxygen atoms in total. The molecule has 31 heavy (non-hydrogen) atoms. The number of hydrogen-bond donors (Lipinski definition) is 4. The summed E-state index contributed by atoms with van der Waals surface area (Å²) in [6, 6.07) is 3.92. The van der Waals surface area contributed by atoms with Crippen molar-refractivity contribution in [3.8, 4) is 5.88 Å². The van der Waals surface area contributed by atoms with Crippen molar-refractivity contribution in [2.45, 2.75) is 43.9 Å². The Bertz CT molecular complexity index is 1270. The molecule has 0 aliphatic heterocycles. The number of aromatic nitrogens is 1. The van der Waals surface area contributed by atoms with Crippen LogP contribution in [-0.4, -0.2) is 27.9 Å². The van der Waals surface area contributed by atoms with Gasteiger partial charge in [0.2, 0.25) is 5.88 Å². The Kier molecular flexibility index (Phi) is 4.34. The molecule has 2 heterocycles. The van der Waals surface area contributed by atoms with Crippen molar-refractivity contribution in [2.24, 2.45) is 11.5 Å². The number of rotatable bonds is 4. The van der Waals surface area contributed by atoms with Crippen LogP contribution in [-0.2, 0) is 10.3 Å². The van der Waals surface area contributed by atoms with E-state index >= 15 is 0 Å². The first-order valence-corrected chi connectivity index (χ1v) is 10.9. The second kappa shape index (κ2) is 6.74. The molecular weight excluding hydrogens is 416 g/mol. The number of pyridine rings is 1. The number of Topliss-reactive ketones (excluding diaryl/α,β-unsaturated/α-hetero) is 1. The minimum absolute atomic E-state index is 0.0103. The van der Waals surface area contributed by atoms with Crippen LogP contribution < -0.4 is 21.9 Å². The van der Waals surface area contributed by atoms with Crippen molar-refractivity contribution >= 4 is 38.9 Å². The van der Waals surface area contributed by atoms with E-state index in [1.165, 1.54) is 0 Å². The van der Waals surface area contributed by atoms with Crippen LogP contribution in [0.25, 0.3) is 10.1 Å². The molecular formula is C22H22N4O4S. The number of nitrogen functional groups attached to an aromatic ring is 1. The fourth-order valence-electron chi connectivity index (χ4n) is 4.48. The lowest BCUT2D eigenvalue weighted by atomic mass is 9.70. The van der Waals surface area contributed by atoms with Crippen LogP contribution in [0.1, 0.15) is 57.2 Å². The molecule has 1 fully saturated rings. The summed E-state index contributed by atoms with van der Waals surface area (Å²) >= 11 is 1.01. The first-order chi connectivity index (χ1) is 14.7. The predicted molar refractivity (Wildman–Crippen MR) is 117 cm³/mol. The van der Waals surface area contributed by atoms with Gasteiger partial charge in [-0.25, -0.2) is 9.78 Å². The lowest BCUT2D eigenvalue weighted by molar-refractivity contribution is -0.124. The number of carboxylic acid groups (broad SMARTS) is 1. The van der Waals surface area contributed by atoms with E-state index in [9.17, 15) is 14.7 Å². The highest BCUT2D eigenvalue weighted by Crippen LogP contribution is 2.49. The van der Waals surface area contributed by atoms with E-state index in [0.717, 1.165) is 36.2 Å². The van der Waals surface area contributed by atoms with Crippen molar-refractivity contribution in [1.29, 1.82) is 0 Å². The minimum Gasteiger partial charge on any atom is -0.477 e. The second-order valence-electron chi connectivity index (χ2n) is 8.21. The van der Waals surface area contributed by atoms with Gasteiger partial charge >= 0.3 is 5.97 Å². The molecule has 0 radical (unpaired) electrons. The molecule has 2 aliphatic carbocycles. The smallest absolute Gasteiger partial charge is 0.346 e. The Morgan fingerprint density at radius 1 is 1.32 bits per heavy atom. The number of aromatic carboxylic acids is 1. The van der Waals surface area contributed by atoms with Gasteiger partial charge in [0.1, 0.15) is 16.5 Å². The molecule has 0 spiro atoms. The number of nitrogens with two attached hydrogens (primary N) is 3. The third kappa shape index (κ3) is 2.70. The summed E-state index contributed by atoms with van der Waals surface area (Å²) < 4.78 is 6.44. The zero-order valence-corrected chi connectivity index (χ0v) is 17.7. The first-order valence-electron chi connectivity index (χ1n) is 10.0. The van der Waals surface area contributed by atoms with Gasteiger partial charge in [0.05, 0.1) is 10.7 Å². The van der Waals surface area contributed by atoms with E-state index in [2.05, 4.69) is 4.98 Å². The minimum atomic E-state index is -1.58. The summed E-state index contributed by atoms with van der Waals surface area (Å²) in [4.78, 5) is 29.8. The Hall–Kier alpha value is -3.01. The number of carbonyl (C=O) groups is 2. The molecule has 2 aliphatic rings. The van der Waals surface area contributed by atoms with Crippen LogP contribution in [0.15, 0.2) is 24.4 Å². The van der Waals surface area contributed by atoms with E-state index < -0.39 is 23.3 Å². The topological polar surface area (TPSA) is 155 Å². The summed E-state index contributed by atoms with van der Waals surface area (Å²) in [5.41, 5.74) is 20.1. The number of nitrogens with zero attached hydrogens (tertiary/aromatic N) is 1. The average Bonchev–Trinajstić information content (AvgIpc) is 3.10. The lowest BCUT2D eigenvalue weighted by Gasteiger charge is -2.37. The van der Waals surface area contributed by atoms with Gasteiger partial charge < -0.3 is 27.0 Å². The molecule has 3 aromatic rings. The van der Waals surface area contributed by atoms with Gasteiger partial charge in [0, 0.05) is 34.5 Å². The number of anilines is 1. The fraction of sp³-hybridized carbons (Fsp3) is 0.318. The summed E-state index contributed by atoms with van der Waals surface area (Å²) in [5.74, 6) is -1.14. The van der Waals surface area contributed by atoms with Gasteiger partial charge in [-0.3, -0.25) is 4.79 Å². The lowest BCUT2D eigenvalue weighted by Crippen LogP contribution is -2.53. The van der Waals surface area contributed by atoms with E-state index in [0.29, 0.717) is 32.8 Å². The highest BCUT2D eigenvalue weighted by Gasteiger charge is 2.49. The summed E-state index contributed by atoms with van der Waals surface area (Å²) in [7, 11) is 0. The molecule has 1 aromatic carbocycles. The molecule has 2 unspecified atom stereocenters. The van der Waals surface area contributed by atoms with Gasteiger partial charge in [-0.1, -0.05) is 6.07 Å². The Morgan fingerprint density at radius 3 is 2.68 bits per heavy atom. The number of carbonyl (C=O) groups excluding carboxylic acids is 1. The van der Waals surface area contributed by atoms with Gasteiger partial charge in [-0.2, -0.15) is 0 Å². The van der Waals surface area contributed by atoms with Gasteiger partial charge in [0.15, 0.2) is 5.78 Å². The zero-order valence-electron chi connectivity index (χ0n) is 16.8. The quantitative estimate of drug-likeness (QED) is 0.453. The molecule has 7 N–H and O–H groups in total. The molecule has 9 heteroatoms. The number of thiophene rings is 1. The zero-order chi connectivity index (χ0) is 22.1. The van der Waals surface area contributed by atoms with Crippen molar-refractivity contribution in [1.82, 2.24) is 4.98 Å². The van der Waals surface area contributed by atoms with E-state index in [-0.39, 0.29) is 16.5 Å². The highest BCUT2D eigenvalue weighted by atomic mass is 32.1. The fourth-order valence-corrected chi connectivity index (χ4v) is 5.62. The maximum absolute atomic E-state index is 13.5. The van der Waals surface area contributed by atoms with Crippen molar-refractivity contribution < 1.29 is 19.4 Å². The van der Waals surface area contributed by atoms with Crippen LogP contribution >= 0.6 is 11.3 Å². The van der Waals surface area contributed by atoms with E-state index in [1.54, 1.807) is 24.4 Å². The summed E-state index contributed by atoms with van der Waals surface area (Å²) in [6.45, 7) is 1.85. The standard InChI is InChI=1S/C22H22N4O4S/c1-9-7-14(30-10-3-2-4-10)26-8-12(9)22(25)11-5-6-13(23)18-15(11)16(17(24)20(22)27)19(31-18)21(28)29/h5-8,10,17H,2-4,23-25H2,1H3,(H,28,29). The SMILES string of the molecule is Cc1cc(OC2CCC2)ncc1C1(N)C(=O)C(N)c2c(C(=O)O)sc3c(N)ccc1c23. The Labute approximate surface area is 182 Å². The first kappa shape index (κ1) is 19.9. The van der Waals surface area contributed by atoms with Crippen molar-refractivity contribution in [3.05, 3.63) is 51.5 Å². The number of benzene rings is 1. The number of ether oxygens (including phenoxy) is 1. The Balaban J connectivity index is 1.72. The summed E-state index contributed by atoms with van der Waals surface area (Å²) in [6.07, 6.45) is 4.90. The van der Waals surface area contributed by atoms with E-state index in [4.69, 9.17) is 21.9 Å².